The highest BCUT2D eigenvalue weighted by Gasteiger charge is 2.10. The second-order valence-corrected chi connectivity index (χ2v) is 8.38. The molecule has 1 atom stereocenters. The number of aryl methyl sites for hydroxylation is 1. The molecule has 7 nitrogen and oxygen atoms in total. The smallest absolute Gasteiger partial charge is 0.251 e. The van der Waals surface area contributed by atoms with Gasteiger partial charge in [-0.1, -0.05) is 49.4 Å². The molecule has 1 unspecified atom stereocenters. The second-order valence-electron chi connectivity index (χ2n) is 8.38. The summed E-state index contributed by atoms with van der Waals surface area (Å²) in [4.78, 5) is 37.0. The normalized spacial score (nSPS) is 11.3. The Balaban J connectivity index is 1.48. The third-order valence-corrected chi connectivity index (χ3v) is 5.48. The maximum Gasteiger partial charge on any atom is 0.251 e. The van der Waals surface area contributed by atoms with Gasteiger partial charge in [-0.25, -0.2) is 0 Å². The predicted molar refractivity (Wildman–Crippen MR) is 141 cm³/mol. The molecule has 0 spiro atoms. The molecule has 0 saturated carbocycles. The Kier molecular flexibility index (Phi) is 9.42. The Morgan fingerprint density at radius 1 is 0.771 bits per heavy atom. The van der Waals surface area contributed by atoms with Crippen LogP contribution in [-0.4, -0.2) is 30.3 Å². The van der Waals surface area contributed by atoms with Crippen molar-refractivity contribution in [3.8, 4) is 0 Å². The summed E-state index contributed by atoms with van der Waals surface area (Å²) in [6.07, 6.45) is 1.90. The van der Waals surface area contributed by atoms with E-state index in [1.54, 1.807) is 30.3 Å². The molecular formula is C28H32N4O3. The minimum atomic E-state index is -0.248. The van der Waals surface area contributed by atoms with Crippen molar-refractivity contribution >= 4 is 34.8 Å². The summed E-state index contributed by atoms with van der Waals surface area (Å²) >= 11 is 0. The summed E-state index contributed by atoms with van der Waals surface area (Å²) < 4.78 is 0. The maximum atomic E-state index is 12.4. The molecule has 0 aliphatic heterocycles. The van der Waals surface area contributed by atoms with Crippen molar-refractivity contribution in [3.05, 3.63) is 90.0 Å². The summed E-state index contributed by atoms with van der Waals surface area (Å²) in [6.45, 7) is 3.99. The molecule has 4 N–H and O–H groups in total. The first kappa shape index (κ1) is 25.5. The molecule has 3 amide bonds. The molecule has 0 aliphatic carbocycles. The fourth-order valence-electron chi connectivity index (χ4n) is 3.37. The minimum absolute atomic E-state index is 0.0364. The fraction of sp³-hybridized carbons (Fsp3) is 0.250. The van der Waals surface area contributed by atoms with E-state index in [4.69, 9.17) is 0 Å². The molecule has 7 heteroatoms. The zero-order valence-electron chi connectivity index (χ0n) is 20.1. The lowest BCUT2D eigenvalue weighted by Gasteiger charge is -2.13. The molecule has 0 aliphatic rings. The minimum Gasteiger partial charge on any atom is -0.376 e. The van der Waals surface area contributed by atoms with E-state index in [2.05, 4.69) is 21.3 Å². The van der Waals surface area contributed by atoms with Gasteiger partial charge in [-0.15, -0.1) is 0 Å². The number of benzene rings is 3. The van der Waals surface area contributed by atoms with E-state index in [0.29, 0.717) is 35.5 Å². The molecule has 0 saturated heterocycles. The van der Waals surface area contributed by atoms with E-state index in [1.165, 1.54) is 0 Å². The first-order chi connectivity index (χ1) is 16.9. The Bertz CT molecular complexity index is 1150. The first-order valence-corrected chi connectivity index (χ1v) is 11.8. The van der Waals surface area contributed by atoms with Crippen LogP contribution in [0.4, 0.5) is 17.1 Å². The van der Waals surface area contributed by atoms with E-state index in [1.807, 2.05) is 62.4 Å². The van der Waals surface area contributed by atoms with Crippen LogP contribution in [0.1, 0.15) is 42.6 Å². The van der Waals surface area contributed by atoms with Crippen molar-refractivity contribution < 1.29 is 14.4 Å². The monoisotopic (exact) mass is 472 g/mol. The van der Waals surface area contributed by atoms with Crippen LogP contribution >= 0.6 is 0 Å². The van der Waals surface area contributed by atoms with Gasteiger partial charge >= 0.3 is 0 Å². The van der Waals surface area contributed by atoms with Crippen LogP contribution in [0.3, 0.4) is 0 Å². The second kappa shape index (κ2) is 12.9. The van der Waals surface area contributed by atoms with E-state index in [0.717, 1.165) is 12.0 Å². The zero-order valence-corrected chi connectivity index (χ0v) is 20.1. The number of amides is 3. The third kappa shape index (κ3) is 8.62. The van der Waals surface area contributed by atoms with Gasteiger partial charge in [-0.05, 0) is 61.7 Å². The molecular weight excluding hydrogens is 440 g/mol. The van der Waals surface area contributed by atoms with E-state index < -0.39 is 0 Å². The Labute approximate surface area is 206 Å². The average molecular weight is 473 g/mol. The first-order valence-electron chi connectivity index (χ1n) is 11.8. The molecule has 0 fully saturated rings. The van der Waals surface area contributed by atoms with Crippen LogP contribution < -0.4 is 21.3 Å². The molecule has 0 heterocycles. The highest BCUT2D eigenvalue weighted by Crippen LogP contribution is 2.16. The Hall–Kier alpha value is -4.13. The van der Waals surface area contributed by atoms with E-state index >= 15 is 0 Å². The average Bonchev–Trinajstić information content (AvgIpc) is 2.87. The molecule has 3 aromatic rings. The standard InChI is InChI=1S/C28H32N4O3/c1-3-20(2)30-28(35)22-11-7-13-24(17-22)32-27(34)19-29-23-12-8-14-25(18-23)31-26(33)16-15-21-9-5-4-6-10-21/h4-14,17-18,20,29H,3,15-16,19H2,1-2H3,(H,30,35)(H,31,33)(H,32,34). The third-order valence-electron chi connectivity index (χ3n) is 5.48. The lowest BCUT2D eigenvalue weighted by molar-refractivity contribution is -0.116. The van der Waals surface area contributed by atoms with Crippen LogP contribution in [0.25, 0.3) is 0 Å². The van der Waals surface area contributed by atoms with Crippen molar-refractivity contribution in [1.82, 2.24) is 5.32 Å². The SMILES string of the molecule is CCC(C)NC(=O)c1cccc(NC(=O)CNc2cccc(NC(=O)CCc3ccccc3)c2)c1. The number of hydrogen-bond donors (Lipinski definition) is 4. The van der Waals surface area contributed by atoms with Gasteiger partial charge in [-0.3, -0.25) is 14.4 Å². The van der Waals surface area contributed by atoms with E-state index in [9.17, 15) is 14.4 Å². The van der Waals surface area contributed by atoms with Crippen molar-refractivity contribution in [3.63, 3.8) is 0 Å². The van der Waals surface area contributed by atoms with Gasteiger partial charge in [0.15, 0.2) is 0 Å². The molecule has 0 aromatic heterocycles. The topological polar surface area (TPSA) is 99.3 Å². The summed E-state index contributed by atoms with van der Waals surface area (Å²) in [5, 5.41) is 11.7. The van der Waals surface area contributed by atoms with Crippen LogP contribution in [0.2, 0.25) is 0 Å². The quantitative estimate of drug-likeness (QED) is 0.321. The van der Waals surface area contributed by atoms with Gasteiger partial charge < -0.3 is 21.3 Å². The van der Waals surface area contributed by atoms with Gasteiger partial charge in [0.25, 0.3) is 5.91 Å². The number of rotatable bonds is 11. The van der Waals surface area contributed by atoms with Gasteiger partial charge in [0, 0.05) is 35.1 Å². The van der Waals surface area contributed by atoms with Crippen LogP contribution in [-0.2, 0) is 16.0 Å². The largest absolute Gasteiger partial charge is 0.376 e. The Morgan fingerprint density at radius 3 is 2.17 bits per heavy atom. The van der Waals surface area contributed by atoms with Gasteiger partial charge in [0.05, 0.1) is 6.54 Å². The fourth-order valence-corrected chi connectivity index (χ4v) is 3.37. The number of carbonyl (C=O) groups excluding carboxylic acids is 3. The predicted octanol–water partition coefficient (Wildman–Crippen LogP) is 4.84. The van der Waals surface area contributed by atoms with Gasteiger partial charge in [-0.2, -0.15) is 0 Å². The summed E-state index contributed by atoms with van der Waals surface area (Å²) in [6, 6.07) is 24.0. The number of hydrogen-bond acceptors (Lipinski definition) is 4. The van der Waals surface area contributed by atoms with Crippen molar-refractivity contribution in [2.24, 2.45) is 0 Å². The summed E-state index contributed by atoms with van der Waals surface area (Å²) in [7, 11) is 0. The van der Waals surface area contributed by atoms with Crippen LogP contribution in [0.15, 0.2) is 78.9 Å². The highest BCUT2D eigenvalue weighted by atomic mass is 16.2. The van der Waals surface area contributed by atoms with Crippen molar-refractivity contribution in [1.29, 1.82) is 0 Å². The highest BCUT2D eigenvalue weighted by molar-refractivity contribution is 5.98. The van der Waals surface area contributed by atoms with E-state index in [-0.39, 0.29) is 30.3 Å². The van der Waals surface area contributed by atoms with Gasteiger partial charge in [0.2, 0.25) is 11.8 Å². The molecule has 0 radical (unpaired) electrons. The lowest BCUT2D eigenvalue weighted by Crippen LogP contribution is -2.32. The number of nitrogens with one attached hydrogen (secondary N) is 4. The molecule has 182 valence electrons. The Morgan fingerprint density at radius 2 is 1.43 bits per heavy atom. The van der Waals surface area contributed by atoms with Crippen molar-refractivity contribution in [2.45, 2.75) is 39.2 Å². The van der Waals surface area contributed by atoms with Crippen LogP contribution in [0, 0.1) is 0 Å². The lowest BCUT2D eigenvalue weighted by atomic mass is 10.1. The van der Waals surface area contributed by atoms with Gasteiger partial charge in [0.1, 0.15) is 0 Å². The maximum absolute atomic E-state index is 12.4. The molecule has 35 heavy (non-hydrogen) atoms. The number of carbonyl (C=O) groups is 3. The summed E-state index contributed by atoms with van der Waals surface area (Å²) in [5.74, 6) is -0.487. The molecule has 3 aromatic carbocycles. The van der Waals surface area contributed by atoms with Crippen LogP contribution in [0.5, 0.6) is 0 Å². The van der Waals surface area contributed by atoms with Crippen molar-refractivity contribution in [2.75, 3.05) is 22.5 Å². The zero-order chi connectivity index (χ0) is 25.0. The number of anilines is 3. The molecule has 0 bridgehead atoms. The molecule has 3 rings (SSSR count). The summed E-state index contributed by atoms with van der Waals surface area (Å²) in [5.41, 5.74) is 3.53.